The molecule has 1 aromatic carbocycles. The molecule has 2 rings (SSSR count). The van der Waals surface area contributed by atoms with Crippen molar-refractivity contribution in [2.75, 3.05) is 24.7 Å². The second kappa shape index (κ2) is 5.29. The van der Waals surface area contributed by atoms with Crippen LogP contribution in [0.3, 0.4) is 0 Å². The Morgan fingerprint density at radius 3 is 2.94 bits per heavy atom. The second-order valence-corrected chi connectivity index (χ2v) is 4.33. The van der Waals surface area contributed by atoms with E-state index in [0.717, 1.165) is 24.2 Å². The van der Waals surface area contributed by atoms with Crippen LogP contribution >= 0.6 is 0 Å². The summed E-state index contributed by atoms with van der Waals surface area (Å²) < 4.78 is 0. The van der Waals surface area contributed by atoms with E-state index in [1.807, 2.05) is 36.2 Å². The highest BCUT2D eigenvalue weighted by Crippen LogP contribution is 2.22. The minimum absolute atomic E-state index is 0.0651. The molecule has 1 aliphatic rings. The number of amides is 1. The van der Waals surface area contributed by atoms with E-state index in [9.17, 15) is 4.79 Å². The van der Waals surface area contributed by atoms with Gasteiger partial charge in [0.15, 0.2) is 0 Å². The van der Waals surface area contributed by atoms with Crippen molar-refractivity contribution in [3.05, 3.63) is 29.8 Å². The number of aryl methyl sites for hydroxylation is 1. The fourth-order valence-corrected chi connectivity index (χ4v) is 2.17. The molecule has 1 saturated heterocycles. The first-order valence-corrected chi connectivity index (χ1v) is 5.97. The number of hydrogen-bond acceptors (Lipinski definition) is 3. The van der Waals surface area contributed by atoms with Gasteiger partial charge in [-0.2, -0.15) is 0 Å². The van der Waals surface area contributed by atoms with Crippen LogP contribution in [0, 0.1) is 6.92 Å². The van der Waals surface area contributed by atoms with Crippen molar-refractivity contribution in [3.63, 3.8) is 0 Å². The highest BCUT2D eigenvalue weighted by molar-refractivity contribution is 5.93. The maximum absolute atomic E-state index is 12.0. The standard InChI is InChI=1S/C13H18N2O2/c1-11-4-2-5-12(10-11)15-13(17)6-3-7-14(15)8-9-16/h2,4-5,10,16H,3,6-9H2,1H3. The zero-order valence-corrected chi connectivity index (χ0v) is 10.1. The lowest BCUT2D eigenvalue weighted by Gasteiger charge is -2.38. The number of carbonyl (C=O) groups is 1. The van der Waals surface area contributed by atoms with Crippen LogP contribution in [0.2, 0.25) is 0 Å². The molecule has 0 aromatic heterocycles. The van der Waals surface area contributed by atoms with E-state index in [-0.39, 0.29) is 12.5 Å². The predicted octanol–water partition coefficient (Wildman–Crippen LogP) is 1.33. The van der Waals surface area contributed by atoms with Crippen molar-refractivity contribution in [3.8, 4) is 0 Å². The van der Waals surface area contributed by atoms with E-state index in [1.165, 1.54) is 0 Å². The van der Waals surface area contributed by atoms with Gasteiger partial charge in [0.25, 0.3) is 0 Å². The number of β-amino-alcohol motifs (C(OH)–C–C–N with tert-alkyl or cyclic N) is 1. The van der Waals surface area contributed by atoms with Gasteiger partial charge in [-0.25, -0.2) is 10.0 Å². The average Bonchev–Trinajstić information content (AvgIpc) is 2.29. The molecule has 0 aliphatic carbocycles. The SMILES string of the molecule is Cc1cccc(N2C(=O)CCCN2CCO)c1. The summed E-state index contributed by atoms with van der Waals surface area (Å²) in [5, 5.41) is 12.7. The number of anilines is 1. The first-order valence-electron chi connectivity index (χ1n) is 5.97. The van der Waals surface area contributed by atoms with E-state index in [4.69, 9.17) is 5.11 Å². The number of carbonyl (C=O) groups excluding carboxylic acids is 1. The number of hydrogen-bond donors (Lipinski definition) is 1. The van der Waals surface area contributed by atoms with Gasteiger partial charge in [-0.1, -0.05) is 12.1 Å². The molecule has 4 heteroatoms. The zero-order valence-electron chi connectivity index (χ0n) is 10.1. The summed E-state index contributed by atoms with van der Waals surface area (Å²) in [6.07, 6.45) is 1.44. The van der Waals surface area contributed by atoms with Crippen molar-refractivity contribution in [1.82, 2.24) is 5.01 Å². The lowest BCUT2D eigenvalue weighted by Crippen LogP contribution is -2.51. The third kappa shape index (κ3) is 2.65. The van der Waals surface area contributed by atoms with Crippen LogP contribution in [0.25, 0.3) is 0 Å². The van der Waals surface area contributed by atoms with Gasteiger partial charge >= 0.3 is 0 Å². The van der Waals surface area contributed by atoms with E-state index in [1.54, 1.807) is 5.01 Å². The highest BCUT2D eigenvalue weighted by atomic mass is 16.3. The number of aliphatic hydroxyl groups excluding tert-OH is 1. The molecule has 1 amide bonds. The number of rotatable bonds is 3. The first-order chi connectivity index (χ1) is 8.22. The van der Waals surface area contributed by atoms with Crippen LogP contribution in [0.4, 0.5) is 5.69 Å². The Balaban J connectivity index is 2.27. The summed E-state index contributed by atoms with van der Waals surface area (Å²) in [5.41, 5.74) is 2.02. The van der Waals surface area contributed by atoms with Gasteiger partial charge in [0.2, 0.25) is 5.91 Å². The van der Waals surface area contributed by atoms with Crippen LogP contribution in [-0.4, -0.2) is 35.7 Å². The first kappa shape index (κ1) is 12.1. The number of nitrogens with zero attached hydrogens (tertiary/aromatic N) is 2. The van der Waals surface area contributed by atoms with Crippen molar-refractivity contribution in [2.45, 2.75) is 19.8 Å². The monoisotopic (exact) mass is 234 g/mol. The molecule has 0 unspecified atom stereocenters. The van der Waals surface area contributed by atoms with Crippen molar-refractivity contribution in [1.29, 1.82) is 0 Å². The normalized spacial score (nSPS) is 17.5. The summed E-state index contributed by atoms with van der Waals surface area (Å²) >= 11 is 0. The lowest BCUT2D eigenvalue weighted by molar-refractivity contribution is -0.124. The van der Waals surface area contributed by atoms with Gasteiger partial charge in [-0.15, -0.1) is 0 Å². The largest absolute Gasteiger partial charge is 0.395 e. The molecule has 0 bridgehead atoms. The van der Waals surface area contributed by atoms with Gasteiger partial charge in [0.05, 0.1) is 12.3 Å². The smallest absolute Gasteiger partial charge is 0.241 e. The third-order valence-electron chi connectivity index (χ3n) is 2.93. The quantitative estimate of drug-likeness (QED) is 0.858. The van der Waals surface area contributed by atoms with Gasteiger partial charge in [0.1, 0.15) is 0 Å². The van der Waals surface area contributed by atoms with Crippen LogP contribution in [-0.2, 0) is 4.79 Å². The van der Waals surface area contributed by atoms with Gasteiger partial charge in [-0.3, -0.25) is 4.79 Å². The summed E-state index contributed by atoms with van der Waals surface area (Å²) in [5.74, 6) is 0.107. The Labute approximate surface area is 101 Å². The molecule has 1 aromatic rings. The molecule has 1 heterocycles. The summed E-state index contributed by atoms with van der Waals surface area (Å²) in [6, 6.07) is 7.88. The van der Waals surface area contributed by atoms with Crippen molar-refractivity contribution >= 4 is 11.6 Å². The maximum Gasteiger partial charge on any atom is 0.241 e. The number of aliphatic hydroxyl groups is 1. The Bertz CT molecular complexity index is 404. The Kier molecular flexibility index (Phi) is 3.76. The van der Waals surface area contributed by atoms with E-state index >= 15 is 0 Å². The molecule has 0 atom stereocenters. The average molecular weight is 234 g/mol. The molecule has 92 valence electrons. The van der Waals surface area contributed by atoms with Gasteiger partial charge < -0.3 is 5.11 Å². The Morgan fingerprint density at radius 2 is 2.24 bits per heavy atom. The van der Waals surface area contributed by atoms with Crippen molar-refractivity contribution < 1.29 is 9.90 Å². The lowest BCUT2D eigenvalue weighted by atomic mass is 10.2. The van der Waals surface area contributed by atoms with Gasteiger partial charge in [-0.05, 0) is 31.0 Å². The fraction of sp³-hybridized carbons (Fsp3) is 0.462. The Morgan fingerprint density at radius 1 is 1.41 bits per heavy atom. The second-order valence-electron chi connectivity index (χ2n) is 4.33. The van der Waals surface area contributed by atoms with E-state index in [2.05, 4.69) is 0 Å². The van der Waals surface area contributed by atoms with Crippen LogP contribution < -0.4 is 5.01 Å². The molecule has 4 nitrogen and oxygen atoms in total. The molecule has 1 N–H and O–H groups in total. The van der Waals surface area contributed by atoms with Gasteiger partial charge in [0, 0.05) is 19.5 Å². The molecule has 0 radical (unpaired) electrons. The zero-order chi connectivity index (χ0) is 12.3. The maximum atomic E-state index is 12.0. The minimum Gasteiger partial charge on any atom is -0.395 e. The van der Waals surface area contributed by atoms with E-state index < -0.39 is 0 Å². The summed E-state index contributed by atoms with van der Waals surface area (Å²) in [7, 11) is 0. The van der Waals surface area contributed by atoms with Crippen LogP contribution in [0.1, 0.15) is 18.4 Å². The Hall–Kier alpha value is -1.39. The molecular weight excluding hydrogens is 216 g/mol. The predicted molar refractivity (Wildman–Crippen MR) is 66.6 cm³/mol. The topological polar surface area (TPSA) is 43.8 Å². The molecule has 17 heavy (non-hydrogen) atoms. The van der Waals surface area contributed by atoms with Crippen LogP contribution in [0.5, 0.6) is 0 Å². The number of benzene rings is 1. The summed E-state index contributed by atoms with van der Waals surface area (Å²) in [6.45, 7) is 3.39. The molecular formula is C13H18N2O2. The molecule has 1 fully saturated rings. The van der Waals surface area contributed by atoms with Crippen molar-refractivity contribution in [2.24, 2.45) is 0 Å². The summed E-state index contributed by atoms with van der Waals surface area (Å²) in [4.78, 5) is 12.0. The molecule has 0 spiro atoms. The van der Waals surface area contributed by atoms with E-state index in [0.29, 0.717) is 13.0 Å². The molecule has 0 saturated carbocycles. The highest BCUT2D eigenvalue weighted by Gasteiger charge is 2.26. The fourth-order valence-electron chi connectivity index (χ4n) is 2.17. The van der Waals surface area contributed by atoms with Crippen LogP contribution in [0.15, 0.2) is 24.3 Å². The molecule has 1 aliphatic heterocycles. The minimum atomic E-state index is 0.0651. The number of hydrazine groups is 1. The third-order valence-corrected chi connectivity index (χ3v) is 2.93.